The zero-order valence-electron chi connectivity index (χ0n) is 36.6. The SMILES string of the molecule is C=CC(=O)OCCCOc1ccc2c3c(cccc13)C(=O)N(CCCCCC)C2=O.CCCCCCN1C(=O)c2cccc3c(OCCCOC(=O)C(C)CC)ccc(c23)C1=O. The van der Waals surface area contributed by atoms with Gasteiger partial charge >= 0.3 is 11.9 Å². The second-order valence-corrected chi connectivity index (χ2v) is 15.6. The summed E-state index contributed by atoms with van der Waals surface area (Å²) in [6.07, 6.45) is 11.0. The first-order chi connectivity index (χ1) is 30.1. The van der Waals surface area contributed by atoms with Crippen molar-refractivity contribution in [1.29, 1.82) is 0 Å². The number of nitrogens with zero attached hydrogens (tertiary/aromatic N) is 2. The Morgan fingerprint density at radius 3 is 1.42 bits per heavy atom. The standard InChI is InChI=1S/C26H33NO5.C24H27NO5/c1-4-6-7-8-15-27-24(28)20-12-9-11-19-22(14-13-21(23(19)20)25(27)29)31-16-10-17-32-26(30)18(3)5-2;1-3-5-6-7-14-25-23(27)18-11-8-10-17-20(13-12-19(22(17)18)24(25)28)29-15-9-16-30-21(26)4-2/h9,11-14,18H,4-8,10,15-17H2,1-3H3;4,8,10-13H,2-3,5-7,9,14-16H2,1H3. The minimum Gasteiger partial charge on any atom is -0.493 e. The first-order valence-corrected chi connectivity index (χ1v) is 22.1. The van der Waals surface area contributed by atoms with Crippen molar-refractivity contribution in [3.05, 3.63) is 95.6 Å². The summed E-state index contributed by atoms with van der Waals surface area (Å²) in [5.41, 5.74) is 2.15. The van der Waals surface area contributed by atoms with Gasteiger partial charge in [0.15, 0.2) is 0 Å². The molecule has 0 radical (unpaired) electrons. The minimum absolute atomic E-state index is 0.0994. The lowest BCUT2D eigenvalue weighted by molar-refractivity contribution is -0.148. The van der Waals surface area contributed by atoms with Gasteiger partial charge in [0.2, 0.25) is 0 Å². The van der Waals surface area contributed by atoms with Gasteiger partial charge < -0.3 is 18.9 Å². The Balaban J connectivity index is 0.000000235. The molecule has 0 bridgehead atoms. The van der Waals surface area contributed by atoms with E-state index in [1.807, 2.05) is 38.1 Å². The van der Waals surface area contributed by atoms with E-state index < -0.39 is 5.97 Å². The van der Waals surface area contributed by atoms with Gasteiger partial charge in [0.1, 0.15) is 11.5 Å². The molecule has 0 aliphatic carbocycles. The van der Waals surface area contributed by atoms with Crippen LogP contribution in [-0.4, -0.2) is 84.9 Å². The van der Waals surface area contributed by atoms with E-state index in [4.69, 9.17) is 18.9 Å². The van der Waals surface area contributed by atoms with Crippen molar-refractivity contribution < 1.29 is 47.7 Å². The molecule has 0 N–H and O–H groups in total. The Bertz CT molecular complexity index is 2220. The number of imide groups is 2. The van der Waals surface area contributed by atoms with Crippen LogP contribution in [0, 0.1) is 5.92 Å². The number of carbonyl (C=O) groups excluding carboxylic acids is 6. The largest absolute Gasteiger partial charge is 0.493 e. The van der Waals surface area contributed by atoms with Gasteiger partial charge in [-0.1, -0.05) is 97.1 Å². The summed E-state index contributed by atoms with van der Waals surface area (Å²) in [7, 11) is 0. The molecule has 0 aromatic heterocycles. The molecular formula is C50H60N2O10. The maximum Gasteiger partial charge on any atom is 0.330 e. The Labute approximate surface area is 364 Å². The number of unbranched alkanes of at least 4 members (excludes halogenated alkanes) is 6. The van der Waals surface area contributed by atoms with Gasteiger partial charge in [-0.3, -0.25) is 33.8 Å². The monoisotopic (exact) mass is 848 g/mol. The molecule has 1 atom stereocenters. The highest BCUT2D eigenvalue weighted by molar-refractivity contribution is 6.27. The van der Waals surface area contributed by atoms with Crippen LogP contribution in [-0.2, 0) is 19.1 Å². The summed E-state index contributed by atoms with van der Waals surface area (Å²) < 4.78 is 22.0. The van der Waals surface area contributed by atoms with Crippen molar-refractivity contribution in [2.45, 2.75) is 98.3 Å². The molecule has 330 valence electrons. The first kappa shape index (κ1) is 47.0. The Hall–Kier alpha value is -6.04. The zero-order valence-corrected chi connectivity index (χ0v) is 36.6. The minimum atomic E-state index is -0.465. The van der Waals surface area contributed by atoms with Gasteiger partial charge in [0.25, 0.3) is 23.6 Å². The Kier molecular flexibility index (Phi) is 17.6. The fourth-order valence-electron chi connectivity index (χ4n) is 7.49. The average molecular weight is 849 g/mol. The average Bonchev–Trinajstić information content (AvgIpc) is 3.29. The summed E-state index contributed by atoms with van der Waals surface area (Å²) in [5, 5.41) is 2.80. The van der Waals surface area contributed by atoms with E-state index in [9.17, 15) is 28.8 Å². The number of carbonyl (C=O) groups is 6. The summed E-state index contributed by atoms with van der Waals surface area (Å²) in [6.45, 7) is 13.5. The fraction of sp³-hybridized carbons (Fsp3) is 0.440. The van der Waals surface area contributed by atoms with Crippen LogP contribution in [0.1, 0.15) is 140 Å². The molecule has 4 aromatic rings. The second-order valence-electron chi connectivity index (χ2n) is 15.6. The first-order valence-electron chi connectivity index (χ1n) is 22.1. The number of benzene rings is 4. The lowest BCUT2D eigenvalue weighted by Gasteiger charge is -2.27. The fourth-order valence-corrected chi connectivity index (χ4v) is 7.49. The molecule has 12 heteroatoms. The van der Waals surface area contributed by atoms with Gasteiger partial charge in [-0.2, -0.15) is 0 Å². The Morgan fingerprint density at radius 2 is 1.00 bits per heavy atom. The molecule has 2 aliphatic rings. The predicted molar refractivity (Wildman–Crippen MR) is 239 cm³/mol. The van der Waals surface area contributed by atoms with Crippen LogP contribution in [0.5, 0.6) is 11.5 Å². The van der Waals surface area contributed by atoms with Crippen molar-refractivity contribution in [1.82, 2.24) is 9.80 Å². The number of hydrogen-bond acceptors (Lipinski definition) is 10. The second kappa shape index (κ2) is 23.3. The van der Waals surface area contributed by atoms with E-state index in [0.717, 1.165) is 74.6 Å². The number of ether oxygens (including phenoxy) is 4. The van der Waals surface area contributed by atoms with E-state index in [0.29, 0.717) is 90.3 Å². The molecule has 6 rings (SSSR count). The molecule has 12 nitrogen and oxygen atoms in total. The van der Waals surface area contributed by atoms with Crippen LogP contribution in [0.2, 0.25) is 0 Å². The van der Waals surface area contributed by atoms with Gasteiger partial charge in [-0.25, -0.2) is 4.79 Å². The molecular weight excluding hydrogens is 789 g/mol. The third-order valence-corrected chi connectivity index (χ3v) is 11.1. The maximum atomic E-state index is 13.0. The molecule has 0 fully saturated rings. The smallest absolute Gasteiger partial charge is 0.330 e. The number of rotatable bonds is 23. The van der Waals surface area contributed by atoms with Crippen molar-refractivity contribution >= 4 is 57.1 Å². The highest BCUT2D eigenvalue weighted by atomic mass is 16.5. The van der Waals surface area contributed by atoms with Gasteiger partial charge in [-0.05, 0) is 55.7 Å². The van der Waals surface area contributed by atoms with E-state index in [-0.39, 0.29) is 42.1 Å². The summed E-state index contributed by atoms with van der Waals surface area (Å²) >= 11 is 0. The molecule has 4 aromatic carbocycles. The summed E-state index contributed by atoms with van der Waals surface area (Å²) in [6, 6.07) is 17.9. The summed E-state index contributed by atoms with van der Waals surface area (Å²) in [5.74, 6) is -0.502. The lowest BCUT2D eigenvalue weighted by Crippen LogP contribution is -2.40. The van der Waals surface area contributed by atoms with E-state index in [1.54, 1.807) is 36.4 Å². The molecule has 0 saturated carbocycles. The number of hydrogen-bond donors (Lipinski definition) is 0. The molecule has 2 heterocycles. The van der Waals surface area contributed by atoms with Crippen molar-refractivity contribution in [3.8, 4) is 11.5 Å². The zero-order chi connectivity index (χ0) is 44.6. The third kappa shape index (κ3) is 11.3. The molecule has 0 spiro atoms. The lowest BCUT2D eigenvalue weighted by atomic mass is 9.93. The van der Waals surface area contributed by atoms with Gasteiger partial charge in [0.05, 0.1) is 32.3 Å². The molecule has 0 saturated heterocycles. The van der Waals surface area contributed by atoms with Crippen molar-refractivity contribution in [2.24, 2.45) is 5.92 Å². The molecule has 4 amide bonds. The highest BCUT2D eigenvalue weighted by Crippen LogP contribution is 2.37. The van der Waals surface area contributed by atoms with E-state index >= 15 is 0 Å². The van der Waals surface area contributed by atoms with E-state index in [1.165, 1.54) is 9.80 Å². The van der Waals surface area contributed by atoms with Gasteiger partial charge in [0, 0.05) is 75.8 Å². The van der Waals surface area contributed by atoms with Crippen LogP contribution in [0.15, 0.2) is 73.3 Å². The van der Waals surface area contributed by atoms with Crippen LogP contribution in [0.4, 0.5) is 0 Å². The maximum absolute atomic E-state index is 13.0. The van der Waals surface area contributed by atoms with Crippen LogP contribution >= 0.6 is 0 Å². The van der Waals surface area contributed by atoms with Crippen molar-refractivity contribution in [3.63, 3.8) is 0 Å². The number of amides is 4. The van der Waals surface area contributed by atoms with Crippen LogP contribution in [0.25, 0.3) is 21.5 Å². The molecule has 1 unspecified atom stereocenters. The molecule has 2 aliphatic heterocycles. The summed E-state index contributed by atoms with van der Waals surface area (Å²) in [4.78, 5) is 77.6. The van der Waals surface area contributed by atoms with E-state index in [2.05, 4.69) is 20.4 Å². The quantitative estimate of drug-likeness (QED) is 0.0306. The topological polar surface area (TPSA) is 146 Å². The normalized spacial score (nSPS) is 13.5. The van der Waals surface area contributed by atoms with Crippen LogP contribution < -0.4 is 9.47 Å². The third-order valence-electron chi connectivity index (χ3n) is 11.1. The van der Waals surface area contributed by atoms with Crippen LogP contribution in [0.3, 0.4) is 0 Å². The number of esters is 2. The van der Waals surface area contributed by atoms with Gasteiger partial charge in [-0.15, -0.1) is 0 Å². The highest BCUT2D eigenvalue weighted by Gasteiger charge is 2.34. The Morgan fingerprint density at radius 1 is 0.565 bits per heavy atom. The van der Waals surface area contributed by atoms with Crippen molar-refractivity contribution in [2.75, 3.05) is 39.5 Å². The predicted octanol–water partition coefficient (Wildman–Crippen LogP) is 9.89. The molecule has 62 heavy (non-hydrogen) atoms.